The lowest BCUT2D eigenvalue weighted by molar-refractivity contribution is -0.117. The van der Waals surface area contributed by atoms with Gasteiger partial charge in [0.05, 0.1) is 16.7 Å². The number of carbonyl (C=O) groups is 1. The van der Waals surface area contributed by atoms with Crippen LogP contribution in [0.25, 0.3) is 0 Å². The summed E-state index contributed by atoms with van der Waals surface area (Å²) in [7, 11) is -3.83. The van der Waals surface area contributed by atoms with Crippen molar-refractivity contribution in [2.75, 3.05) is 11.9 Å². The number of rotatable bonds is 8. The summed E-state index contributed by atoms with van der Waals surface area (Å²) in [6, 6.07) is 9.85. The molecule has 168 valence electrons. The van der Waals surface area contributed by atoms with Crippen molar-refractivity contribution in [3.8, 4) is 0 Å². The molecule has 9 nitrogen and oxygen atoms in total. The van der Waals surface area contributed by atoms with Gasteiger partial charge in [0.15, 0.2) is 5.82 Å². The highest BCUT2D eigenvalue weighted by Gasteiger charge is 2.18. The molecule has 0 unspecified atom stereocenters. The van der Waals surface area contributed by atoms with Gasteiger partial charge >= 0.3 is 0 Å². The fraction of sp³-hybridized carbons (Fsp3) is 0.238. The number of amides is 1. The minimum absolute atomic E-state index is 0.0178. The van der Waals surface area contributed by atoms with Crippen LogP contribution in [0.3, 0.4) is 0 Å². The number of hydrogen-bond donors (Lipinski definition) is 2. The number of carbonyl (C=O) groups excluding carboxylic acids is 1. The van der Waals surface area contributed by atoms with E-state index in [9.17, 15) is 22.4 Å². The first kappa shape index (κ1) is 23.2. The molecule has 2 aromatic heterocycles. The molecule has 0 spiro atoms. The lowest BCUT2D eigenvalue weighted by atomic mass is 10.2. The van der Waals surface area contributed by atoms with Crippen LogP contribution in [0.1, 0.15) is 16.8 Å². The van der Waals surface area contributed by atoms with Gasteiger partial charge in [-0.15, -0.1) is 0 Å². The van der Waals surface area contributed by atoms with E-state index in [1.807, 2.05) is 6.07 Å². The number of aromatic nitrogens is 3. The third-order valence-electron chi connectivity index (χ3n) is 4.68. The number of halogens is 1. The zero-order valence-corrected chi connectivity index (χ0v) is 18.3. The van der Waals surface area contributed by atoms with Crippen LogP contribution in [0, 0.1) is 19.7 Å². The number of hydrogen-bond acceptors (Lipinski definition) is 6. The van der Waals surface area contributed by atoms with Gasteiger partial charge < -0.3 is 5.32 Å². The lowest BCUT2D eigenvalue weighted by Crippen LogP contribution is -2.31. The van der Waals surface area contributed by atoms with Crippen LogP contribution in [-0.4, -0.2) is 35.6 Å². The molecular weight excluding hydrogens is 437 g/mol. The predicted octanol–water partition coefficient (Wildman–Crippen LogP) is 1.55. The maximum Gasteiger partial charge on any atom is 0.273 e. The van der Waals surface area contributed by atoms with Crippen LogP contribution >= 0.6 is 0 Å². The summed E-state index contributed by atoms with van der Waals surface area (Å²) in [5, 5.41) is 6.15. The van der Waals surface area contributed by atoms with E-state index in [2.05, 4.69) is 20.1 Å². The summed E-state index contributed by atoms with van der Waals surface area (Å²) in [6.45, 7) is 2.65. The average Bonchev–Trinajstić information content (AvgIpc) is 2.76. The Labute approximate surface area is 184 Å². The largest absolute Gasteiger partial charge is 0.324 e. The zero-order valence-electron chi connectivity index (χ0n) is 17.5. The van der Waals surface area contributed by atoms with E-state index < -0.39 is 33.9 Å². The Morgan fingerprint density at radius 3 is 2.69 bits per heavy atom. The zero-order chi connectivity index (χ0) is 23.3. The summed E-state index contributed by atoms with van der Waals surface area (Å²) >= 11 is 0. The van der Waals surface area contributed by atoms with Gasteiger partial charge in [0.1, 0.15) is 6.54 Å². The van der Waals surface area contributed by atoms with Crippen LogP contribution in [0.15, 0.2) is 58.5 Å². The van der Waals surface area contributed by atoms with E-state index in [0.717, 1.165) is 16.6 Å². The van der Waals surface area contributed by atoms with Gasteiger partial charge in [0.2, 0.25) is 15.9 Å². The highest BCUT2D eigenvalue weighted by atomic mass is 32.2. The number of nitrogens with one attached hydrogen (secondary N) is 2. The van der Waals surface area contributed by atoms with Crippen LogP contribution in [0.4, 0.5) is 10.1 Å². The first-order valence-electron chi connectivity index (χ1n) is 9.69. The third kappa shape index (κ3) is 5.62. The lowest BCUT2D eigenvalue weighted by Gasteiger charge is -2.12. The van der Waals surface area contributed by atoms with Crippen molar-refractivity contribution in [2.45, 2.75) is 31.7 Å². The van der Waals surface area contributed by atoms with Gasteiger partial charge in [-0.2, -0.15) is 5.10 Å². The molecule has 3 aromatic rings. The molecule has 0 saturated heterocycles. The van der Waals surface area contributed by atoms with Gasteiger partial charge in [-0.1, -0.05) is 12.1 Å². The Morgan fingerprint density at radius 2 is 1.97 bits per heavy atom. The second kappa shape index (κ2) is 9.79. The van der Waals surface area contributed by atoms with Crippen molar-refractivity contribution in [1.29, 1.82) is 0 Å². The highest BCUT2D eigenvalue weighted by molar-refractivity contribution is 7.89. The minimum atomic E-state index is -3.83. The SMILES string of the molecule is Cc1ccc(NC(=O)Cn2ncc(F)c(C)c2=O)cc1S(=O)(=O)NCCc1ccccn1. The number of pyridine rings is 1. The van der Waals surface area contributed by atoms with Crippen LogP contribution in [0.5, 0.6) is 0 Å². The molecule has 0 aliphatic carbocycles. The van der Waals surface area contributed by atoms with Crippen molar-refractivity contribution in [1.82, 2.24) is 19.5 Å². The smallest absolute Gasteiger partial charge is 0.273 e. The molecule has 0 bridgehead atoms. The first-order chi connectivity index (χ1) is 15.2. The Balaban J connectivity index is 1.70. The molecular formula is C21H22FN5O4S. The highest BCUT2D eigenvalue weighted by Crippen LogP contribution is 2.20. The maximum absolute atomic E-state index is 13.4. The molecule has 0 aliphatic rings. The molecule has 1 aromatic carbocycles. The summed E-state index contributed by atoms with van der Waals surface area (Å²) in [6.07, 6.45) is 2.92. The molecule has 32 heavy (non-hydrogen) atoms. The van der Waals surface area contributed by atoms with E-state index in [4.69, 9.17) is 0 Å². The van der Waals surface area contributed by atoms with E-state index in [1.54, 1.807) is 37.4 Å². The molecule has 0 fully saturated rings. The maximum atomic E-state index is 13.4. The van der Waals surface area contributed by atoms with E-state index in [0.29, 0.717) is 12.0 Å². The van der Waals surface area contributed by atoms with Crippen molar-refractivity contribution < 1.29 is 17.6 Å². The van der Waals surface area contributed by atoms with Gasteiger partial charge in [-0.25, -0.2) is 22.2 Å². The van der Waals surface area contributed by atoms with Gasteiger partial charge in [0.25, 0.3) is 5.56 Å². The second-order valence-electron chi connectivity index (χ2n) is 7.08. The molecule has 0 radical (unpaired) electrons. The van der Waals surface area contributed by atoms with E-state index >= 15 is 0 Å². The van der Waals surface area contributed by atoms with Crippen LogP contribution in [0.2, 0.25) is 0 Å². The van der Waals surface area contributed by atoms with Crippen LogP contribution < -0.4 is 15.6 Å². The van der Waals surface area contributed by atoms with Gasteiger partial charge in [-0.05, 0) is 43.7 Å². The summed E-state index contributed by atoms with van der Waals surface area (Å²) in [5.74, 6) is -1.36. The standard InChI is InChI=1S/C21H22FN5O4S/c1-14-6-7-17(26-20(28)13-27-21(29)15(2)18(22)12-24-27)11-19(14)32(30,31)25-10-8-16-5-3-4-9-23-16/h3-7,9,11-12,25H,8,10,13H2,1-2H3,(H,26,28). The Hall–Kier alpha value is -3.44. The van der Waals surface area contributed by atoms with E-state index in [-0.39, 0.29) is 22.7 Å². The van der Waals surface area contributed by atoms with Crippen molar-refractivity contribution in [3.05, 3.63) is 81.8 Å². The van der Waals surface area contributed by atoms with Crippen molar-refractivity contribution in [2.24, 2.45) is 0 Å². The fourth-order valence-corrected chi connectivity index (χ4v) is 4.22. The molecule has 0 saturated carbocycles. The average molecular weight is 460 g/mol. The monoisotopic (exact) mass is 459 g/mol. The number of benzene rings is 1. The Morgan fingerprint density at radius 1 is 1.19 bits per heavy atom. The summed E-state index contributed by atoms with van der Waals surface area (Å²) < 4.78 is 42.2. The molecule has 0 aliphatic heterocycles. The number of nitrogens with zero attached hydrogens (tertiary/aromatic N) is 3. The molecule has 2 N–H and O–H groups in total. The van der Waals surface area contributed by atoms with E-state index in [1.165, 1.54) is 13.0 Å². The summed E-state index contributed by atoms with van der Waals surface area (Å²) in [4.78, 5) is 28.5. The normalized spacial score (nSPS) is 11.3. The topological polar surface area (TPSA) is 123 Å². The second-order valence-corrected chi connectivity index (χ2v) is 8.81. The quantitative estimate of drug-likeness (QED) is 0.527. The van der Waals surface area contributed by atoms with Gasteiger partial charge in [0, 0.05) is 30.5 Å². The molecule has 2 heterocycles. The first-order valence-corrected chi connectivity index (χ1v) is 11.2. The minimum Gasteiger partial charge on any atom is -0.324 e. The Bertz CT molecular complexity index is 1290. The number of aryl methyl sites for hydroxylation is 1. The molecule has 0 atom stereocenters. The number of anilines is 1. The molecule has 11 heteroatoms. The van der Waals surface area contributed by atoms with Gasteiger partial charge in [-0.3, -0.25) is 14.6 Å². The fourth-order valence-electron chi connectivity index (χ4n) is 2.92. The summed E-state index contributed by atoms with van der Waals surface area (Å²) in [5.41, 5.74) is 0.628. The van der Waals surface area contributed by atoms with Crippen molar-refractivity contribution >= 4 is 21.6 Å². The third-order valence-corrected chi connectivity index (χ3v) is 6.28. The molecule has 1 amide bonds. The number of sulfonamides is 1. The van der Waals surface area contributed by atoms with Crippen molar-refractivity contribution in [3.63, 3.8) is 0 Å². The predicted molar refractivity (Wildman–Crippen MR) is 116 cm³/mol. The Kier molecular flexibility index (Phi) is 7.11. The molecule has 3 rings (SSSR count). The van der Waals surface area contributed by atoms with Crippen LogP contribution in [-0.2, 0) is 27.8 Å².